The van der Waals surface area contributed by atoms with E-state index in [0.717, 1.165) is 22.3 Å². The van der Waals surface area contributed by atoms with Crippen LogP contribution in [0.1, 0.15) is 27.3 Å². The predicted octanol–water partition coefficient (Wildman–Crippen LogP) is 0.992. The third kappa shape index (κ3) is 1.28. The number of amides is 1. The van der Waals surface area contributed by atoms with E-state index in [1.807, 2.05) is 20.9 Å². The molecule has 5 heteroatoms. The molecule has 84 valence electrons. The monoisotopic (exact) mass is 218 g/mol. The molecule has 0 spiro atoms. The van der Waals surface area contributed by atoms with Gasteiger partial charge in [0.05, 0.1) is 17.0 Å². The predicted molar refractivity (Wildman–Crippen MR) is 61.2 cm³/mol. The molecule has 5 nitrogen and oxygen atoms in total. The molecule has 0 aliphatic carbocycles. The van der Waals surface area contributed by atoms with Gasteiger partial charge in [0.25, 0.3) is 5.91 Å². The standard InChI is InChI=1S/C11H14N4O/c1-5-8(10(12)16)6(2)13-11-9(5)7(3)14-15(11)4/h1-4H3,(H2,12,16). The molecule has 0 atom stereocenters. The lowest BCUT2D eigenvalue weighted by Gasteiger charge is -2.07. The number of aryl methyl sites for hydroxylation is 4. The van der Waals surface area contributed by atoms with Gasteiger partial charge in [-0.25, -0.2) is 4.98 Å². The zero-order valence-corrected chi connectivity index (χ0v) is 9.83. The van der Waals surface area contributed by atoms with E-state index < -0.39 is 5.91 Å². The van der Waals surface area contributed by atoms with Crippen LogP contribution < -0.4 is 5.73 Å². The van der Waals surface area contributed by atoms with Crippen molar-refractivity contribution in [2.75, 3.05) is 0 Å². The molecule has 1 amide bonds. The molecule has 2 aromatic heterocycles. The summed E-state index contributed by atoms with van der Waals surface area (Å²) in [4.78, 5) is 15.7. The van der Waals surface area contributed by atoms with Gasteiger partial charge < -0.3 is 5.73 Å². The number of hydrogen-bond acceptors (Lipinski definition) is 3. The summed E-state index contributed by atoms with van der Waals surface area (Å²) in [6, 6.07) is 0. The summed E-state index contributed by atoms with van der Waals surface area (Å²) >= 11 is 0. The van der Waals surface area contributed by atoms with Crippen LogP contribution in [0.25, 0.3) is 11.0 Å². The third-order valence-electron chi connectivity index (χ3n) is 2.82. The van der Waals surface area contributed by atoms with Crippen molar-refractivity contribution in [1.29, 1.82) is 0 Å². The normalized spacial score (nSPS) is 11.0. The fraction of sp³-hybridized carbons (Fsp3) is 0.364. The van der Waals surface area contributed by atoms with Crippen molar-refractivity contribution in [2.45, 2.75) is 20.8 Å². The highest BCUT2D eigenvalue weighted by molar-refractivity contribution is 6.00. The van der Waals surface area contributed by atoms with E-state index in [4.69, 9.17) is 5.73 Å². The molecule has 2 rings (SSSR count). The third-order valence-corrected chi connectivity index (χ3v) is 2.82. The number of carbonyl (C=O) groups is 1. The average Bonchev–Trinajstić information content (AvgIpc) is 2.41. The number of rotatable bonds is 1. The second-order valence-corrected chi connectivity index (χ2v) is 3.97. The lowest BCUT2D eigenvalue weighted by atomic mass is 10.0. The van der Waals surface area contributed by atoms with Gasteiger partial charge in [-0.05, 0) is 26.3 Å². The second kappa shape index (κ2) is 3.30. The van der Waals surface area contributed by atoms with Crippen LogP contribution in [0.4, 0.5) is 0 Å². The Balaban J connectivity index is 2.98. The van der Waals surface area contributed by atoms with E-state index in [2.05, 4.69) is 10.1 Å². The van der Waals surface area contributed by atoms with Gasteiger partial charge in [0.2, 0.25) is 0 Å². The van der Waals surface area contributed by atoms with Crippen molar-refractivity contribution in [3.63, 3.8) is 0 Å². The Labute approximate surface area is 93.3 Å². The molecule has 0 saturated carbocycles. The largest absolute Gasteiger partial charge is 0.366 e. The van der Waals surface area contributed by atoms with Crippen molar-refractivity contribution in [2.24, 2.45) is 12.8 Å². The average molecular weight is 218 g/mol. The SMILES string of the molecule is Cc1nc2c(c(C)nn2C)c(C)c1C(N)=O. The van der Waals surface area contributed by atoms with E-state index in [1.54, 1.807) is 11.6 Å². The summed E-state index contributed by atoms with van der Waals surface area (Å²) in [5.41, 5.74) is 9.03. The lowest BCUT2D eigenvalue weighted by Crippen LogP contribution is -2.16. The number of primary amides is 1. The summed E-state index contributed by atoms with van der Waals surface area (Å²) in [6.45, 7) is 5.57. The summed E-state index contributed by atoms with van der Waals surface area (Å²) < 4.78 is 1.72. The maximum absolute atomic E-state index is 11.4. The number of hydrogen-bond donors (Lipinski definition) is 1. The van der Waals surface area contributed by atoms with Gasteiger partial charge in [0.1, 0.15) is 0 Å². The molecule has 0 fully saturated rings. The Morgan fingerprint density at radius 2 is 1.88 bits per heavy atom. The van der Waals surface area contributed by atoms with Crippen molar-refractivity contribution in [3.8, 4) is 0 Å². The smallest absolute Gasteiger partial charge is 0.250 e. The van der Waals surface area contributed by atoms with Crippen LogP contribution in [0, 0.1) is 20.8 Å². The Morgan fingerprint density at radius 1 is 1.25 bits per heavy atom. The number of fused-ring (bicyclic) bond motifs is 1. The Bertz CT molecular complexity index is 598. The van der Waals surface area contributed by atoms with Crippen molar-refractivity contribution in [3.05, 3.63) is 22.5 Å². The minimum Gasteiger partial charge on any atom is -0.366 e. The molecule has 0 saturated heterocycles. The highest BCUT2D eigenvalue weighted by atomic mass is 16.1. The summed E-state index contributed by atoms with van der Waals surface area (Å²) in [5.74, 6) is -0.437. The Morgan fingerprint density at radius 3 is 2.44 bits per heavy atom. The molecule has 0 aromatic carbocycles. The first-order chi connectivity index (χ1) is 7.43. The molecule has 2 aromatic rings. The minimum absolute atomic E-state index is 0.437. The highest BCUT2D eigenvalue weighted by Gasteiger charge is 2.17. The number of pyridine rings is 1. The zero-order valence-electron chi connectivity index (χ0n) is 9.83. The number of carbonyl (C=O) groups excluding carboxylic acids is 1. The topological polar surface area (TPSA) is 73.8 Å². The molecule has 2 N–H and O–H groups in total. The molecule has 16 heavy (non-hydrogen) atoms. The second-order valence-electron chi connectivity index (χ2n) is 3.97. The van der Waals surface area contributed by atoms with Crippen molar-refractivity contribution < 1.29 is 4.79 Å². The van der Waals surface area contributed by atoms with Gasteiger partial charge in [-0.1, -0.05) is 0 Å². The van der Waals surface area contributed by atoms with Gasteiger partial charge in [-0.15, -0.1) is 0 Å². The van der Waals surface area contributed by atoms with Crippen molar-refractivity contribution in [1.82, 2.24) is 14.8 Å². The fourth-order valence-corrected chi connectivity index (χ4v) is 2.19. The van der Waals surface area contributed by atoms with Crippen LogP contribution >= 0.6 is 0 Å². The maximum Gasteiger partial charge on any atom is 0.250 e. The first-order valence-corrected chi connectivity index (χ1v) is 5.03. The van der Waals surface area contributed by atoms with E-state index in [-0.39, 0.29) is 0 Å². The molecular formula is C11H14N4O. The van der Waals surface area contributed by atoms with Crippen LogP contribution in [0.2, 0.25) is 0 Å². The summed E-state index contributed by atoms with van der Waals surface area (Å²) in [5, 5.41) is 5.21. The van der Waals surface area contributed by atoms with Crippen molar-refractivity contribution >= 4 is 16.9 Å². The van der Waals surface area contributed by atoms with Gasteiger partial charge >= 0.3 is 0 Å². The molecule has 0 bridgehead atoms. The van der Waals surface area contributed by atoms with E-state index in [9.17, 15) is 4.79 Å². The van der Waals surface area contributed by atoms with E-state index in [0.29, 0.717) is 11.3 Å². The number of aromatic nitrogens is 3. The van der Waals surface area contributed by atoms with Crippen LogP contribution in [-0.2, 0) is 7.05 Å². The molecule has 2 heterocycles. The highest BCUT2D eigenvalue weighted by Crippen LogP contribution is 2.24. The van der Waals surface area contributed by atoms with Crippen LogP contribution in [0.3, 0.4) is 0 Å². The quantitative estimate of drug-likeness (QED) is 0.775. The summed E-state index contributed by atoms with van der Waals surface area (Å²) in [7, 11) is 1.84. The molecule has 0 aliphatic rings. The van der Waals surface area contributed by atoms with Gasteiger partial charge in [-0.3, -0.25) is 9.48 Å². The molecule has 0 aliphatic heterocycles. The van der Waals surface area contributed by atoms with Crippen LogP contribution in [0.15, 0.2) is 0 Å². The first-order valence-electron chi connectivity index (χ1n) is 5.03. The van der Waals surface area contributed by atoms with E-state index in [1.165, 1.54) is 0 Å². The Hall–Kier alpha value is -1.91. The summed E-state index contributed by atoms with van der Waals surface area (Å²) in [6.07, 6.45) is 0. The molecule has 0 radical (unpaired) electrons. The van der Waals surface area contributed by atoms with E-state index >= 15 is 0 Å². The van der Waals surface area contributed by atoms with Gasteiger partial charge in [0.15, 0.2) is 5.65 Å². The molecular weight excluding hydrogens is 204 g/mol. The minimum atomic E-state index is -0.437. The van der Waals surface area contributed by atoms with Crippen LogP contribution in [0.5, 0.6) is 0 Å². The lowest BCUT2D eigenvalue weighted by molar-refractivity contribution is 0.0999. The van der Waals surface area contributed by atoms with Gasteiger partial charge in [-0.2, -0.15) is 5.10 Å². The Kier molecular flexibility index (Phi) is 2.18. The zero-order chi connectivity index (χ0) is 12.0. The maximum atomic E-state index is 11.4. The number of nitrogens with zero attached hydrogens (tertiary/aromatic N) is 3. The van der Waals surface area contributed by atoms with Gasteiger partial charge in [0, 0.05) is 12.4 Å². The van der Waals surface area contributed by atoms with Crippen LogP contribution in [-0.4, -0.2) is 20.7 Å². The number of nitrogens with two attached hydrogens (primary N) is 1. The first kappa shape index (κ1) is 10.6. The fourth-order valence-electron chi connectivity index (χ4n) is 2.19. The molecule has 0 unspecified atom stereocenters.